The highest BCUT2D eigenvalue weighted by Crippen LogP contribution is 2.28. The summed E-state index contributed by atoms with van der Waals surface area (Å²) in [6.07, 6.45) is 0.0334. The Morgan fingerprint density at radius 1 is 1.47 bits per heavy atom. The molecule has 0 bridgehead atoms. The van der Waals surface area contributed by atoms with Crippen molar-refractivity contribution in [1.29, 1.82) is 0 Å². The van der Waals surface area contributed by atoms with Crippen molar-refractivity contribution in [2.24, 2.45) is 0 Å². The molecule has 4 nitrogen and oxygen atoms in total. The molecule has 0 aliphatic rings. The van der Waals surface area contributed by atoms with Crippen LogP contribution in [0.4, 0.5) is 0 Å². The molecule has 0 fully saturated rings. The van der Waals surface area contributed by atoms with Crippen molar-refractivity contribution in [3.05, 3.63) is 22.0 Å². The van der Waals surface area contributed by atoms with Crippen LogP contribution in [0.25, 0.3) is 4.96 Å². The summed E-state index contributed by atoms with van der Waals surface area (Å²) in [5, 5.41) is 9.01. The Balaban J connectivity index is 2.71. The topological polar surface area (TPSA) is 54.6 Å². The zero-order valence-corrected chi connectivity index (χ0v) is 11.3. The maximum Gasteiger partial charge on any atom is 0.309 e. The number of aryl methyl sites for hydroxylation is 2. The Hall–Kier alpha value is -1.36. The van der Waals surface area contributed by atoms with Gasteiger partial charge in [-0.05, 0) is 19.8 Å². The molecule has 0 unspecified atom stereocenters. The second kappa shape index (κ2) is 4.14. The minimum atomic E-state index is -0.808. The van der Waals surface area contributed by atoms with Crippen LogP contribution in [0, 0.1) is 13.8 Å². The molecule has 5 heteroatoms. The second-order valence-corrected chi connectivity index (χ2v) is 5.71. The third-order valence-corrected chi connectivity index (χ3v) is 3.99. The highest BCUT2D eigenvalue weighted by atomic mass is 32.1. The van der Waals surface area contributed by atoms with Gasteiger partial charge in [-0.3, -0.25) is 9.20 Å². The third-order valence-electron chi connectivity index (χ3n) is 2.93. The molecule has 2 aromatic heterocycles. The molecular formula is C12H16N2O2S. The summed E-state index contributed by atoms with van der Waals surface area (Å²) in [6.45, 7) is 8.13. The minimum absolute atomic E-state index is 0.0334. The van der Waals surface area contributed by atoms with Gasteiger partial charge in [-0.15, -0.1) is 11.3 Å². The zero-order chi connectivity index (χ0) is 12.7. The molecule has 92 valence electrons. The molecule has 0 saturated carbocycles. The predicted octanol–water partition coefficient (Wildman–Crippen LogP) is 2.76. The van der Waals surface area contributed by atoms with E-state index in [1.54, 1.807) is 11.3 Å². The molecule has 0 aliphatic carbocycles. The molecule has 0 radical (unpaired) electrons. The van der Waals surface area contributed by atoms with Crippen LogP contribution in [0.15, 0.2) is 0 Å². The summed E-state index contributed by atoms with van der Waals surface area (Å²) in [5.74, 6) is -0.562. The van der Waals surface area contributed by atoms with Gasteiger partial charge in [0.05, 0.1) is 17.8 Å². The number of imidazole rings is 1. The first-order valence-corrected chi connectivity index (χ1v) is 6.42. The van der Waals surface area contributed by atoms with E-state index in [4.69, 9.17) is 5.11 Å². The van der Waals surface area contributed by atoms with Gasteiger partial charge in [-0.2, -0.15) is 0 Å². The average Bonchev–Trinajstić information content (AvgIpc) is 2.67. The second-order valence-electron chi connectivity index (χ2n) is 4.53. The first kappa shape index (κ1) is 12.1. The molecular weight excluding hydrogens is 236 g/mol. The summed E-state index contributed by atoms with van der Waals surface area (Å²) >= 11 is 1.62. The van der Waals surface area contributed by atoms with E-state index < -0.39 is 5.97 Å². The van der Waals surface area contributed by atoms with Crippen LogP contribution in [0.5, 0.6) is 0 Å². The molecule has 2 rings (SSSR count). The Morgan fingerprint density at radius 3 is 2.65 bits per heavy atom. The molecule has 2 heterocycles. The fraction of sp³-hybridized carbons (Fsp3) is 0.500. The molecule has 0 spiro atoms. The van der Waals surface area contributed by atoms with Gasteiger partial charge in [0.15, 0.2) is 4.96 Å². The number of carbonyl (C=O) groups is 1. The third kappa shape index (κ3) is 1.95. The van der Waals surface area contributed by atoms with Gasteiger partial charge in [0.25, 0.3) is 0 Å². The fourth-order valence-corrected chi connectivity index (χ4v) is 3.00. The van der Waals surface area contributed by atoms with Gasteiger partial charge < -0.3 is 5.11 Å². The number of fused-ring (bicyclic) bond motifs is 1. The fourth-order valence-electron chi connectivity index (χ4n) is 2.01. The summed E-state index contributed by atoms with van der Waals surface area (Å²) in [6, 6.07) is 0. The summed E-state index contributed by atoms with van der Waals surface area (Å²) < 4.78 is 1.99. The number of aromatic nitrogens is 2. The number of hydrogen-bond donors (Lipinski definition) is 1. The largest absolute Gasteiger partial charge is 0.481 e. The van der Waals surface area contributed by atoms with Crippen LogP contribution in [-0.4, -0.2) is 20.5 Å². The number of rotatable bonds is 3. The smallest absolute Gasteiger partial charge is 0.309 e. The highest BCUT2D eigenvalue weighted by Gasteiger charge is 2.20. The van der Waals surface area contributed by atoms with Crippen molar-refractivity contribution >= 4 is 22.3 Å². The van der Waals surface area contributed by atoms with Crippen molar-refractivity contribution in [1.82, 2.24) is 9.38 Å². The first-order valence-electron chi connectivity index (χ1n) is 5.60. The van der Waals surface area contributed by atoms with Crippen LogP contribution in [-0.2, 0) is 11.2 Å². The van der Waals surface area contributed by atoms with Crippen molar-refractivity contribution in [2.45, 2.75) is 40.0 Å². The van der Waals surface area contributed by atoms with E-state index in [-0.39, 0.29) is 12.3 Å². The average molecular weight is 252 g/mol. The maximum absolute atomic E-state index is 11.0. The van der Waals surface area contributed by atoms with E-state index in [2.05, 4.69) is 4.98 Å². The standard InChI is InChI=1S/C12H16N2O2S/c1-6(2)11-9(5-10(15)16)14-7(3)8(4)17-12(14)13-11/h6H,5H2,1-4H3,(H,15,16). The monoisotopic (exact) mass is 252 g/mol. The summed E-state index contributed by atoms with van der Waals surface area (Å²) in [5.41, 5.74) is 2.83. The minimum Gasteiger partial charge on any atom is -0.481 e. The van der Waals surface area contributed by atoms with Gasteiger partial charge in [0, 0.05) is 10.6 Å². The number of thiazole rings is 1. The van der Waals surface area contributed by atoms with Crippen LogP contribution in [0.3, 0.4) is 0 Å². The highest BCUT2D eigenvalue weighted by molar-refractivity contribution is 7.17. The SMILES string of the molecule is Cc1sc2nc(C(C)C)c(CC(=O)O)n2c1C. The van der Waals surface area contributed by atoms with Crippen molar-refractivity contribution in [3.8, 4) is 0 Å². The van der Waals surface area contributed by atoms with Crippen LogP contribution >= 0.6 is 11.3 Å². The van der Waals surface area contributed by atoms with Gasteiger partial charge >= 0.3 is 5.97 Å². The van der Waals surface area contributed by atoms with Gasteiger partial charge in [0.1, 0.15) is 0 Å². The number of aliphatic carboxylic acids is 1. The van der Waals surface area contributed by atoms with E-state index in [1.165, 1.54) is 4.88 Å². The van der Waals surface area contributed by atoms with Crippen molar-refractivity contribution in [2.75, 3.05) is 0 Å². The van der Waals surface area contributed by atoms with Gasteiger partial charge in [-0.1, -0.05) is 13.8 Å². The predicted molar refractivity (Wildman–Crippen MR) is 68.0 cm³/mol. The number of nitrogens with zero attached hydrogens (tertiary/aromatic N) is 2. The lowest BCUT2D eigenvalue weighted by Crippen LogP contribution is -2.07. The van der Waals surface area contributed by atoms with Crippen molar-refractivity contribution in [3.63, 3.8) is 0 Å². The molecule has 1 N–H and O–H groups in total. The first-order chi connectivity index (χ1) is 7.91. The van der Waals surface area contributed by atoms with E-state index in [0.717, 1.165) is 22.0 Å². The van der Waals surface area contributed by atoms with E-state index in [9.17, 15) is 4.79 Å². The molecule has 0 saturated heterocycles. The zero-order valence-electron chi connectivity index (χ0n) is 10.4. The molecule has 0 aromatic carbocycles. The summed E-state index contributed by atoms with van der Waals surface area (Å²) in [7, 11) is 0. The number of carboxylic acids is 1. The quantitative estimate of drug-likeness (QED) is 0.913. The number of hydrogen-bond acceptors (Lipinski definition) is 3. The van der Waals surface area contributed by atoms with E-state index in [0.29, 0.717) is 0 Å². The molecule has 2 aromatic rings. The lowest BCUT2D eigenvalue weighted by atomic mass is 10.1. The maximum atomic E-state index is 11.0. The Morgan fingerprint density at radius 2 is 2.12 bits per heavy atom. The Bertz CT molecular complexity index is 581. The molecule has 17 heavy (non-hydrogen) atoms. The summed E-state index contributed by atoms with van der Waals surface area (Å²) in [4.78, 5) is 17.6. The van der Waals surface area contributed by atoms with Gasteiger partial charge in [0.2, 0.25) is 0 Å². The van der Waals surface area contributed by atoms with Crippen LogP contribution < -0.4 is 0 Å². The van der Waals surface area contributed by atoms with Gasteiger partial charge in [-0.25, -0.2) is 4.98 Å². The number of carboxylic acid groups (broad SMARTS) is 1. The molecule has 0 amide bonds. The molecule has 0 aliphatic heterocycles. The van der Waals surface area contributed by atoms with Crippen LogP contribution in [0.1, 0.15) is 41.7 Å². The van der Waals surface area contributed by atoms with Crippen molar-refractivity contribution < 1.29 is 9.90 Å². The van der Waals surface area contributed by atoms with Crippen LogP contribution in [0.2, 0.25) is 0 Å². The Kier molecular flexibility index (Phi) is 2.95. The van der Waals surface area contributed by atoms with E-state index >= 15 is 0 Å². The normalized spacial score (nSPS) is 11.6. The lowest BCUT2D eigenvalue weighted by molar-refractivity contribution is -0.136. The lowest BCUT2D eigenvalue weighted by Gasteiger charge is -2.05. The molecule has 0 atom stereocenters. The Labute approximate surface area is 104 Å². The van der Waals surface area contributed by atoms with E-state index in [1.807, 2.05) is 32.1 Å².